The summed E-state index contributed by atoms with van der Waals surface area (Å²) in [4.78, 5) is 17.4. The number of likely N-dealkylation sites (N-methyl/N-ethyl adjacent to an activating group) is 1. The number of likely N-dealkylation sites (tertiary alicyclic amines) is 1. The van der Waals surface area contributed by atoms with Crippen LogP contribution in [0.25, 0.3) is 22.1 Å². The summed E-state index contributed by atoms with van der Waals surface area (Å²) in [5.74, 6) is 0.103. The van der Waals surface area contributed by atoms with E-state index in [9.17, 15) is 4.79 Å². The van der Waals surface area contributed by atoms with Crippen LogP contribution in [-0.2, 0) is 12.2 Å². The second kappa shape index (κ2) is 9.86. The van der Waals surface area contributed by atoms with Crippen LogP contribution in [-0.4, -0.2) is 42.1 Å². The molecule has 0 radical (unpaired) electrons. The Balaban J connectivity index is 1.54. The molecule has 1 unspecified atom stereocenters. The Morgan fingerprint density at radius 2 is 2.05 bits per heavy atom. The summed E-state index contributed by atoms with van der Waals surface area (Å²) >= 11 is 0. The number of hydrogen-bond donors (Lipinski definition) is 2. The smallest absolute Gasteiger partial charge is 0.200 e. The Labute approximate surface area is 217 Å². The number of piperidine rings is 1. The largest absolute Gasteiger partial charge is 0.463 e. The normalized spacial score (nSPS) is 19.9. The van der Waals surface area contributed by atoms with Gasteiger partial charge >= 0.3 is 0 Å². The molecule has 0 bridgehead atoms. The van der Waals surface area contributed by atoms with Crippen molar-refractivity contribution in [3.63, 3.8) is 0 Å². The van der Waals surface area contributed by atoms with Gasteiger partial charge in [-0.2, -0.15) is 0 Å². The van der Waals surface area contributed by atoms with Crippen LogP contribution in [0, 0.1) is 29.6 Å². The molecule has 2 fully saturated rings. The standard InChI is InChI=1S/C30H35FN4O2/c1-19-6-5-11-35(15-19)16-21-12-20(2)28-25(13-21)27(36)26(17-37-28)22-7-4-8-24(14-22)30(31,23-9-10-23)29(33)34(3)18-32/h4,7-8,12-14,17-19,23,32-33H,5-6,9-11,15-16H2,1-3H3/t19-,30?/m0/s1. The van der Waals surface area contributed by atoms with Gasteiger partial charge in [0.25, 0.3) is 0 Å². The van der Waals surface area contributed by atoms with Crippen LogP contribution in [0.1, 0.15) is 49.3 Å². The molecule has 194 valence electrons. The Morgan fingerprint density at radius 1 is 1.27 bits per heavy atom. The first-order valence-electron chi connectivity index (χ1n) is 13.1. The SMILES string of the molecule is Cc1cc(CN2CCC[C@H](C)C2)cc2c(=O)c(-c3cccc(C(F)(C(=N)N(C)C=N)C4CC4)c3)coc12. The van der Waals surface area contributed by atoms with Crippen molar-refractivity contribution >= 4 is 23.1 Å². The number of nitrogens with zero attached hydrogens (tertiary/aromatic N) is 2. The minimum absolute atomic E-state index is 0.141. The highest BCUT2D eigenvalue weighted by Crippen LogP contribution is 2.50. The molecule has 7 heteroatoms. The van der Waals surface area contributed by atoms with Gasteiger partial charge in [-0.05, 0) is 79.5 Å². The van der Waals surface area contributed by atoms with Crippen molar-refractivity contribution in [2.24, 2.45) is 11.8 Å². The Kier molecular flexibility index (Phi) is 6.75. The van der Waals surface area contributed by atoms with Gasteiger partial charge in [-0.25, -0.2) is 4.39 Å². The van der Waals surface area contributed by atoms with Gasteiger partial charge in [0, 0.05) is 26.1 Å². The van der Waals surface area contributed by atoms with Gasteiger partial charge in [-0.15, -0.1) is 0 Å². The van der Waals surface area contributed by atoms with Crippen LogP contribution >= 0.6 is 0 Å². The van der Waals surface area contributed by atoms with Crippen LogP contribution in [0.5, 0.6) is 0 Å². The molecule has 3 aromatic rings. The van der Waals surface area contributed by atoms with Crippen molar-refractivity contribution in [2.45, 2.75) is 51.7 Å². The monoisotopic (exact) mass is 502 g/mol. The van der Waals surface area contributed by atoms with Gasteiger partial charge in [0.15, 0.2) is 5.67 Å². The molecule has 2 atom stereocenters. The second-order valence-corrected chi connectivity index (χ2v) is 10.9. The summed E-state index contributed by atoms with van der Waals surface area (Å²) in [6.45, 7) is 7.18. The minimum atomic E-state index is -2.02. The molecule has 1 aliphatic carbocycles. The minimum Gasteiger partial charge on any atom is -0.463 e. The third-order valence-corrected chi connectivity index (χ3v) is 7.89. The van der Waals surface area contributed by atoms with Crippen LogP contribution in [0.4, 0.5) is 4.39 Å². The van der Waals surface area contributed by atoms with Crippen molar-refractivity contribution in [1.29, 1.82) is 10.8 Å². The highest BCUT2D eigenvalue weighted by molar-refractivity contribution is 5.96. The van der Waals surface area contributed by atoms with Gasteiger partial charge in [0.05, 0.1) is 17.3 Å². The molecule has 1 aromatic heterocycles. The zero-order chi connectivity index (χ0) is 26.3. The number of alkyl halides is 1. The molecule has 1 saturated heterocycles. The molecule has 2 heterocycles. The van der Waals surface area contributed by atoms with E-state index in [0.717, 1.165) is 37.1 Å². The highest BCUT2D eigenvalue weighted by Gasteiger charge is 2.52. The molecule has 1 saturated carbocycles. The number of nitrogens with one attached hydrogen (secondary N) is 2. The van der Waals surface area contributed by atoms with E-state index in [1.807, 2.05) is 13.0 Å². The average molecular weight is 503 g/mol. The predicted molar refractivity (Wildman–Crippen MR) is 146 cm³/mol. The van der Waals surface area contributed by atoms with E-state index in [-0.39, 0.29) is 17.2 Å². The van der Waals surface area contributed by atoms with E-state index < -0.39 is 5.67 Å². The number of aryl methyl sites for hydroxylation is 1. The lowest BCUT2D eigenvalue weighted by Crippen LogP contribution is -2.42. The maximum absolute atomic E-state index is 16.5. The lowest BCUT2D eigenvalue weighted by molar-refractivity contribution is 0.176. The molecule has 2 aliphatic rings. The molecule has 5 rings (SSSR count). The fourth-order valence-electron chi connectivity index (χ4n) is 5.75. The van der Waals surface area contributed by atoms with Crippen molar-refractivity contribution in [3.05, 3.63) is 69.6 Å². The van der Waals surface area contributed by atoms with Crippen LogP contribution in [0.2, 0.25) is 0 Å². The molecule has 6 nitrogen and oxygen atoms in total. The summed E-state index contributed by atoms with van der Waals surface area (Å²) < 4.78 is 22.4. The first kappa shape index (κ1) is 25.3. The van der Waals surface area contributed by atoms with E-state index in [2.05, 4.69) is 17.9 Å². The van der Waals surface area contributed by atoms with Gasteiger partial charge in [-0.3, -0.25) is 20.5 Å². The van der Waals surface area contributed by atoms with Crippen LogP contribution < -0.4 is 5.43 Å². The highest BCUT2D eigenvalue weighted by atomic mass is 19.1. The van der Waals surface area contributed by atoms with Crippen LogP contribution in [0.15, 0.2) is 51.9 Å². The number of amidine groups is 1. The Hall–Kier alpha value is -3.32. The quantitative estimate of drug-likeness (QED) is 0.302. The van der Waals surface area contributed by atoms with E-state index in [4.69, 9.17) is 15.2 Å². The Bertz CT molecular complexity index is 1410. The molecule has 37 heavy (non-hydrogen) atoms. The maximum atomic E-state index is 16.5. The number of hydrogen-bond acceptors (Lipinski definition) is 5. The van der Waals surface area contributed by atoms with E-state index in [0.29, 0.717) is 46.4 Å². The summed E-state index contributed by atoms with van der Waals surface area (Å²) in [6.07, 6.45) is 6.24. The summed E-state index contributed by atoms with van der Waals surface area (Å²) in [7, 11) is 1.51. The van der Waals surface area contributed by atoms with Gasteiger partial charge in [0.2, 0.25) is 5.43 Å². The summed E-state index contributed by atoms with van der Waals surface area (Å²) in [6, 6.07) is 10.9. The van der Waals surface area contributed by atoms with Crippen molar-refractivity contribution in [1.82, 2.24) is 9.80 Å². The van der Waals surface area contributed by atoms with Crippen molar-refractivity contribution < 1.29 is 8.81 Å². The average Bonchev–Trinajstić information content (AvgIpc) is 3.74. The lowest BCUT2D eigenvalue weighted by Gasteiger charge is -2.31. The van der Waals surface area contributed by atoms with Gasteiger partial charge in [-0.1, -0.05) is 31.2 Å². The molecule has 0 amide bonds. The molecular weight excluding hydrogens is 467 g/mol. The predicted octanol–water partition coefficient (Wildman–Crippen LogP) is 6.09. The summed E-state index contributed by atoms with van der Waals surface area (Å²) in [5, 5.41) is 16.5. The third kappa shape index (κ3) is 4.73. The fraction of sp³-hybridized carbons (Fsp3) is 0.433. The van der Waals surface area contributed by atoms with E-state index >= 15 is 4.39 Å². The molecule has 2 aromatic carbocycles. The Morgan fingerprint density at radius 3 is 2.76 bits per heavy atom. The fourth-order valence-corrected chi connectivity index (χ4v) is 5.75. The molecule has 1 aliphatic heterocycles. The molecular formula is C30H35FN4O2. The zero-order valence-electron chi connectivity index (χ0n) is 21.8. The second-order valence-electron chi connectivity index (χ2n) is 10.9. The maximum Gasteiger partial charge on any atom is 0.200 e. The first-order chi connectivity index (χ1) is 17.7. The number of rotatable bonds is 7. The number of benzene rings is 2. The lowest BCUT2D eigenvalue weighted by atomic mass is 9.87. The van der Waals surface area contributed by atoms with E-state index in [1.54, 1.807) is 24.3 Å². The third-order valence-electron chi connectivity index (χ3n) is 7.89. The topological polar surface area (TPSA) is 84.4 Å². The number of halogens is 1. The number of fused-ring (bicyclic) bond motifs is 1. The van der Waals surface area contributed by atoms with Crippen molar-refractivity contribution in [2.75, 3.05) is 20.1 Å². The van der Waals surface area contributed by atoms with E-state index in [1.165, 1.54) is 31.1 Å². The summed E-state index contributed by atoms with van der Waals surface area (Å²) in [5.41, 5.74) is 1.71. The molecule has 2 N–H and O–H groups in total. The van der Waals surface area contributed by atoms with Gasteiger partial charge in [0.1, 0.15) is 17.7 Å². The first-order valence-corrected chi connectivity index (χ1v) is 13.1. The van der Waals surface area contributed by atoms with Crippen LogP contribution in [0.3, 0.4) is 0 Å². The zero-order valence-corrected chi connectivity index (χ0v) is 21.8. The van der Waals surface area contributed by atoms with Crippen molar-refractivity contribution in [3.8, 4) is 11.1 Å². The van der Waals surface area contributed by atoms with Gasteiger partial charge < -0.3 is 9.32 Å². The molecule has 0 spiro atoms.